The number of benzene rings is 1. The molecule has 0 amide bonds. The van der Waals surface area contributed by atoms with Crippen molar-refractivity contribution in [2.24, 2.45) is 0 Å². The Labute approximate surface area is 112 Å². The van der Waals surface area contributed by atoms with E-state index < -0.39 is 0 Å². The van der Waals surface area contributed by atoms with E-state index in [9.17, 15) is 4.79 Å². The third-order valence-corrected chi connectivity index (χ3v) is 2.70. The molecule has 5 nitrogen and oxygen atoms in total. The van der Waals surface area contributed by atoms with Gasteiger partial charge in [-0.05, 0) is 14.1 Å². The molecular weight excluding hydrogens is 242 g/mol. The first-order valence-corrected chi connectivity index (χ1v) is 6.19. The third kappa shape index (κ3) is 3.99. The van der Waals surface area contributed by atoms with Crippen LogP contribution in [-0.2, 0) is 12.8 Å². The minimum absolute atomic E-state index is 0.0107. The van der Waals surface area contributed by atoms with Crippen molar-refractivity contribution >= 4 is 5.78 Å². The molecule has 0 aliphatic carbocycles. The van der Waals surface area contributed by atoms with Crippen LogP contribution in [0.2, 0.25) is 0 Å². The quantitative estimate of drug-likeness (QED) is 0.737. The number of carbonyl (C=O) groups excluding carboxylic acids is 1. The van der Waals surface area contributed by atoms with Gasteiger partial charge in [0.05, 0.1) is 6.42 Å². The highest BCUT2D eigenvalue weighted by atomic mass is 16.5. The number of Topliss-reactive ketones (excluding diaryl/α,β-unsaturated/α-hetero) is 1. The summed E-state index contributed by atoms with van der Waals surface area (Å²) in [6.07, 6.45) is 0.870. The second kappa shape index (κ2) is 6.24. The summed E-state index contributed by atoms with van der Waals surface area (Å²) in [6.45, 7) is 0.853. The van der Waals surface area contributed by atoms with E-state index in [-0.39, 0.29) is 12.2 Å². The number of likely N-dealkylation sites (N-methyl/N-ethyl adjacent to an activating group) is 1. The maximum atomic E-state index is 12.0. The van der Waals surface area contributed by atoms with Gasteiger partial charge in [-0.15, -0.1) is 0 Å². The first-order chi connectivity index (χ1) is 9.15. The van der Waals surface area contributed by atoms with Gasteiger partial charge in [0.2, 0.25) is 5.89 Å². The molecule has 0 N–H and O–H groups in total. The van der Waals surface area contributed by atoms with E-state index in [4.69, 9.17) is 4.52 Å². The molecule has 0 aliphatic rings. The first kappa shape index (κ1) is 13.4. The van der Waals surface area contributed by atoms with Crippen molar-refractivity contribution in [3.8, 4) is 0 Å². The summed E-state index contributed by atoms with van der Waals surface area (Å²) in [6, 6.07) is 9.12. The van der Waals surface area contributed by atoms with Crippen molar-refractivity contribution < 1.29 is 9.32 Å². The SMILES string of the molecule is CN(C)CCc1noc(CC(=O)c2ccccc2)n1. The highest BCUT2D eigenvalue weighted by Crippen LogP contribution is 2.06. The molecule has 5 heteroatoms. The van der Waals surface area contributed by atoms with Crippen LogP contribution in [0.4, 0.5) is 0 Å². The molecule has 2 rings (SSSR count). The normalized spacial score (nSPS) is 10.9. The average Bonchev–Trinajstić information content (AvgIpc) is 2.85. The molecule has 0 atom stereocenters. The zero-order valence-corrected chi connectivity index (χ0v) is 11.2. The summed E-state index contributed by atoms with van der Waals surface area (Å²) in [7, 11) is 3.97. The largest absolute Gasteiger partial charge is 0.339 e. The minimum atomic E-state index is -0.0107. The lowest BCUT2D eigenvalue weighted by molar-refractivity contribution is 0.0983. The van der Waals surface area contributed by atoms with Gasteiger partial charge in [0.25, 0.3) is 0 Å². The number of hydrogen-bond acceptors (Lipinski definition) is 5. The Morgan fingerprint density at radius 2 is 2.00 bits per heavy atom. The van der Waals surface area contributed by atoms with Crippen LogP contribution in [0.3, 0.4) is 0 Å². The zero-order chi connectivity index (χ0) is 13.7. The Hall–Kier alpha value is -2.01. The summed E-state index contributed by atoms with van der Waals surface area (Å²) < 4.78 is 5.09. The molecule has 0 bridgehead atoms. The third-order valence-electron chi connectivity index (χ3n) is 2.70. The lowest BCUT2D eigenvalue weighted by Gasteiger charge is -2.05. The lowest BCUT2D eigenvalue weighted by Crippen LogP contribution is -2.15. The van der Waals surface area contributed by atoms with E-state index in [0.29, 0.717) is 17.3 Å². The number of aromatic nitrogens is 2. The molecule has 0 spiro atoms. The highest BCUT2D eigenvalue weighted by molar-refractivity contribution is 5.96. The molecule has 1 heterocycles. The van der Waals surface area contributed by atoms with Gasteiger partial charge in [-0.2, -0.15) is 4.98 Å². The Kier molecular flexibility index (Phi) is 4.41. The van der Waals surface area contributed by atoms with Crippen LogP contribution in [0.1, 0.15) is 22.1 Å². The van der Waals surface area contributed by atoms with Crippen molar-refractivity contribution in [1.82, 2.24) is 15.0 Å². The molecule has 0 fully saturated rings. The molecule has 1 aromatic heterocycles. The maximum absolute atomic E-state index is 12.0. The molecule has 2 aromatic rings. The second-order valence-electron chi connectivity index (χ2n) is 4.62. The van der Waals surface area contributed by atoms with Gasteiger partial charge in [-0.3, -0.25) is 4.79 Å². The Bertz CT molecular complexity index is 535. The number of rotatable bonds is 6. The lowest BCUT2D eigenvalue weighted by atomic mass is 10.1. The summed E-state index contributed by atoms with van der Waals surface area (Å²) in [4.78, 5) is 18.2. The zero-order valence-electron chi connectivity index (χ0n) is 11.2. The molecule has 0 radical (unpaired) electrons. The van der Waals surface area contributed by atoms with Crippen molar-refractivity contribution in [3.63, 3.8) is 0 Å². The van der Waals surface area contributed by atoms with E-state index in [1.807, 2.05) is 37.2 Å². The highest BCUT2D eigenvalue weighted by Gasteiger charge is 2.12. The topological polar surface area (TPSA) is 59.2 Å². The fourth-order valence-corrected chi connectivity index (χ4v) is 1.65. The van der Waals surface area contributed by atoms with Gasteiger partial charge in [0.15, 0.2) is 11.6 Å². The molecule has 19 heavy (non-hydrogen) atoms. The standard InChI is InChI=1S/C14H17N3O2/c1-17(2)9-8-13-15-14(19-16-13)10-12(18)11-6-4-3-5-7-11/h3-7H,8-10H2,1-2H3. The van der Waals surface area contributed by atoms with E-state index >= 15 is 0 Å². The van der Waals surface area contributed by atoms with E-state index in [0.717, 1.165) is 13.0 Å². The van der Waals surface area contributed by atoms with Gasteiger partial charge < -0.3 is 9.42 Å². The molecule has 0 saturated carbocycles. The monoisotopic (exact) mass is 259 g/mol. The predicted octanol–water partition coefficient (Wildman–Crippen LogP) is 1.60. The van der Waals surface area contributed by atoms with Gasteiger partial charge in [0, 0.05) is 18.5 Å². The smallest absolute Gasteiger partial charge is 0.234 e. The van der Waals surface area contributed by atoms with Crippen molar-refractivity contribution in [3.05, 3.63) is 47.6 Å². The van der Waals surface area contributed by atoms with Crippen molar-refractivity contribution in [2.75, 3.05) is 20.6 Å². The fraction of sp³-hybridized carbons (Fsp3) is 0.357. The van der Waals surface area contributed by atoms with E-state index in [1.54, 1.807) is 12.1 Å². The molecular formula is C14H17N3O2. The minimum Gasteiger partial charge on any atom is -0.339 e. The molecule has 1 aromatic carbocycles. The first-order valence-electron chi connectivity index (χ1n) is 6.19. The molecule has 0 saturated heterocycles. The fourth-order valence-electron chi connectivity index (χ4n) is 1.65. The van der Waals surface area contributed by atoms with Crippen LogP contribution in [-0.4, -0.2) is 41.5 Å². The Morgan fingerprint density at radius 1 is 1.26 bits per heavy atom. The summed E-state index contributed by atoms with van der Waals surface area (Å²) in [5.74, 6) is 1.01. The van der Waals surface area contributed by atoms with Crippen LogP contribution in [0, 0.1) is 0 Å². The Morgan fingerprint density at radius 3 is 2.68 bits per heavy atom. The second-order valence-corrected chi connectivity index (χ2v) is 4.62. The Balaban J connectivity index is 1.95. The number of nitrogens with zero attached hydrogens (tertiary/aromatic N) is 3. The summed E-state index contributed by atoms with van der Waals surface area (Å²) in [5, 5.41) is 3.87. The van der Waals surface area contributed by atoms with Crippen LogP contribution in [0.15, 0.2) is 34.9 Å². The van der Waals surface area contributed by atoms with Gasteiger partial charge in [0.1, 0.15) is 0 Å². The van der Waals surface area contributed by atoms with Gasteiger partial charge in [-0.25, -0.2) is 0 Å². The summed E-state index contributed by atoms with van der Waals surface area (Å²) >= 11 is 0. The van der Waals surface area contributed by atoms with Crippen LogP contribution in [0.5, 0.6) is 0 Å². The van der Waals surface area contributed by atoms with E-state index in [1.165, 1.54) is 0 Å². The summed E-state index contributed by atoms with van der Waals surface area (Å²) in [5.41, 5.74) is 0.663. The average molecular weight is 259 g/mol. The van der Waals surface area contributed by atoms with Crippen LogP contribution < -0.4 is 0 Å². The molecule has 0 aliphatic heterocycles. The van der Waals surface area contributed by atoms with Gasteiger partial charge in [-0.1, -0.05) is 35.5 Å². The van der Waals surface area contributed by atoms with Crippen molar-refractivity contribution in [2.45, 2.75) is 12.8 Å². The maximum Gasteiger partial charge on any atom is 0.234 e. The number of carbonyl (C=O) groups is 1. The van der Waals surface area contributed by atoms with Crippen molar-refractivity contribution in [1.29, 1.82) is 0 Å². The van der Waals surface area contributed by atoms with Gasteiger partial charge >= 0.3 is 0 Å². The molecule has 0 unspecified atom stereocenters. The molecule has 100 valence electrons. The van der Waals surface area contributed by atoms with Crippen LogP contribution in [0.25, 0.3) is 0 Å². The van der Waals surface area contributed by atoms with Crippen LogP contribution >= 0.6 is 0 Å². The van der Waals surface area contributed by atoms with E-state index in [2.05, 4.69) is 10.1 Å². The predicted molar refractivity (Wildman–Crippen MR) is 71.0 cm³/mol. The number of ketones is 1. The number of hydrogen-bond donors (Lipinski definition) is 0.